The zero-order valence-electron chi connectivity index (χ0n) is 6.99. The highest BCUT2D eigenvalue weighted by atomic mass is 32.2. The maximum atomic E-state index is 11.3. The van der Waals surface area contributed by atoms with Crippen LogP contribution in [0.15, 0.2) is 16.3 Å². The standard InChI is InChI=1S/C8H10O2S2/c1-3-10-8(9)7-6(11-2)4-5-12-7/h4-5H,3H2,1-2H3. The number of carbonyl (C=O) groups is 1. The van der Waals surface area contributed by atoms with E-state index in [4.69, 9.17) is 4.74 Å². The van der Waals surface area contributed by atoms with Gasteiger partial charge in [0, 0.05) is 4.90 Å². The summed E-state index contributed by atoms with van der Waals surface area (Å²) in [5, 5.41) is 1.90. The van der Waals surface area contributed by atoms with Crippen molar-refractivity contribution in [2.45, 2.75) is 11.8 Å². The van der Waals surface area contributed by atoms with Gasteiger partial charge in [-0.05, 0) is 24.6 Å². The number of thioether (sulfide) groups is 1. The van der Waals surface area contributed by atoms with Crippen molar-refractivity contribution in [2.24, 2.45) is 0 Å². The fourth-order valence-electron chi connectivity index (χ4n) is 0.804. The molecule has 1 aromatic rings. The predicted molar refractivity (Wildman–Crippen MR) is 52.1 cm³/mol. The van der Waals surface area contributed by atoms with Crippen LogP contribution in [0.5, 0.6) is 0 Å². The monoisotopic (exact) mass is 202 g/mol. The van der Waals surface area contributed by atoms with Crippen LogP contribution in [-0.4, -0.2) is 18.8 Å². The molecule has 0 spiro atoms. The average Bonchev–Trinajstić information content (AvgIpc) is 2.51. The largest absolute Gasteiger partial charge is 0.462 e. The summed E-state index contributed by atoms with van der Waals surface area (Å²) in [6.45, 7) is 2.24. The first kappa shape index (κ1) is 9.61. The van der Waals surface area contributed by atoms with Crippen LogP contribution < -0.4 is 0 Å². The third-order valence-electron chi connectivity index (χ3n) is 1.31. The molecule has 0 aliphatic heterocycles. The van der Waals surface area contributed by atoms with Crippen LogP contribution in [0.3, 0.4) is 0 Å². The third-order valence-corrected chi connectivity index (χ3v) is 3.11. The Bertz CT molecular complexity index is 268. The summed E-state index contributed by atoms with van der Waals surface area (Å²) >= 11 is 2.99. The van der Waals surface area contributed by atoms with Crippen LogP contribution in [0.25, 0.3) is 0 Å². The number of thiophene rings is 1. The van der Waals surface area contributed by atoms with Crippen molar-refractivity contribution in [3.63, 3.8) is 0 Å². The highest BCUT2D eigenvalue weighted by Crippen LogP contribution is 2.25. The van der Waals surface area contributed by atoms with Crippen molar-refractivity contribution in [1.29, 1.82) is 0 Å². The van der Waals surface area contributed by atoms with E-state index in [1.54, 1.807) is 11.8 Å². The van der Waals surface area contributed by atoms with Crippen molar-refractivity contribution in [2.75, 3.05) is 12.9 Å². The van der Waals surface area contributed by atoms with E-state index in [0.717, 1.165) is 4.90 Å². The molecule has 2 nitrogen and oxygen atoms in total. The zero-order chi connectivity index (χ0) is 8.97. The first-order chi connectivity index (χ1) is 5.79. The Morgan fingerprint density at radius 3 is 3.08 bits per heavy atom. The molecule has 66 valence electrons. The van der Waals surface area contributed by atoms with Crippen molar-refractivity contribution < 1.29 is 9.53 Å². The van der Waals surface area contributed by atoms with Crippen molar-refractivity contribution in [3.8, 4) is 0 Å². The molecule has 0 radical (unpaired) electrons. The van der Waals surface area contributed by atoms with Crippen LogP contribution in [0.2, 0.25) is 0 Å². The quantitative estimate of drug-likeness (QED) is 0.557. The fourth-order valence-corrected chi connectivity index (χ4v) is 2.44. The zero-order valence-corrected chi connectivity index (χ0v) is 8.63. The summed E-state index contributed by atoms with van der Waals surface area (Å²) in [5.41, 5.74) is 0. The molecule has 0 unspecified atom stereocenters. The lowest BCUT2D eigenvalue weighted by Gasteiger charge is -1.99. The van der Waals surface area contributed by atoms with Gasteiger partial charge in [-0.15, -0.1) is 23.1 Å². The first-order valence-electron chi connectivity index (χ1n) is 3.58. The summed E-state index contributed by atoms with van der Waals surface area (Å²) in [7, 11) is 0. The van der Waals surface area contributed by atoms with Crippen LogP contribution in [0.4, 0.5) is 0 Å². The van der Waals surface area contributed by atoms with Crippen LogP contribution in [0.1, 0.15) is 16.6 Å². The van der Waals surface area contributed by atoms with E-state index in [1.807, 2.05) is 24.6 Å². The lowest BCUT2D eigenvalue weighted by molar-refractivity contribution is 0.0528. The van der Waals surface area contributed by atoms with E-state index in [-0.39, 0.29) is 5.97 Å². The molecular weight excluding hydrogens is 192 g/mol. The fraction of sp³-hybridized carbons (Fsp3) is 0.375. The summed E-state index contributed by atoms with van der Waals surface area (Å²) in [6, 6.07) is 1.93. The van der Waals surface area contributed by atoms with Gasteiger partial charge in [0.15, 0.2) is 0 Å². The van der Waals surface area contributed by atoms with Gasteiger partial charge in [0.1, 0.15) is 4.88 Å². The average molecular weight is 202 g/mol. The molecule has 12 heavy (non-hydrogen) atoms. The number of esters is 1. The Balaban J connectivity index is 2.79. The summed E-state index contributed by atoms with van der Waals surface area (Å²) in [5.74, 6) is -0.211. The number of rotatable bonds is 3. The second kappa shape index (κ2) is 4.52. The molecule has 0 fully saturated rings. The SMILES string of the molecule is CCOC(=O)c1sccc1SC. The van der Waals surface area contributed by atoms with E-state index < -0.39 is 0 Å². The summed E-state index contributed by atoms with van der Waals surface area (Å²) in [6.07, 6.45) is 1.95. The normalized spacial score (nSPS) is 9.83. The third kappa shape index (κ3) is 2.01. The van der Waals surface area contributed by atoms with Crippen molar-refractivity contribution in [3.05, 3.63) is 16.3 Å². The maximum Gasteiger partial charge on any atom is 0.349 e. The van der Waals surface area contributed by atoms with Crippen LogP contribution >= 0.6 is 23.1 Å². The van der Waals surface area contributed by atoms with Gasteiger partial charge in [-0.1, -0.05) is 0 Å². The second-order valence-corrected chi connectivity index (χ2v) is 3.80. The Labute approximate surface area is 79.9 Å². The first-order valence-corrected chi connectivity index (χ1v) is 5.68. The molecule has 0 aliphatic carbocycles. The molecule has 0 N–H and O–H groups in total. The lowest BCUT2D eigenvalue weighted by atomic mass is 10.5. The van der Waals surface area contributed by atoms with E-state index in [1.165, 1.54) is 11.3 Å². The van der Waals surface area contributed by atoms with E-state index in [2.05, 4.69) is 0 Å². The van der Waals surface area contributed by atoms with Gasteiger partial charge in [-0.25, -0.2) is 4.79 Å². The van der Waals surface area contributed by atoms with Gasteiger partial charge in [0.25, 0.3) is 0 Å². The smallest absolute Gasteiger partial charge is 0.349 e. The maximum absolute atomic E-state index is 11.3. The highest BCUT2D eigenvalue weighted by Gasteiger charge is 2.12. The van der Waals surface area contributed by atoms with Crippen molar-refractivity contribution in [1.82, 2.24) is 0 Å². The Kier molecular flexibility index (Phi) is 3.62. The van der Waals surface area contributed by atoms with Crippen molar-refractivity contribution >= 4 is 29.1 Å². The van der Waals surface area contributed by atoms with Gasteiger partial charge in [0.2, 0.25) is 0 Å². The summed E-state index contributed by atoms with van der Waals surface area (Å²) in [4.78, 5) is 13.0. The molecule has 0 amide bonds. The number of hydrogen-bond donors (Lipinski definition) is 0. The molecule has 0 bridgehead atoms. The number of carbonyl (C=O) groups excluding carboxylic acids is 1. The topological polar surface area (TPSA) is 26.3 Å². The molecule has 1 heterocycles. The molecule has 1 aromatic heterocycles. The van der Waals surface area contributed by atoms with Gasteiger partial charge in [-0.3, -0.25) is 0 Å². The minimum absolute atomic E-state index is 0.211. The van der Waals surface area contributed by atoms with Gasteiger partial charge < -0.3 is 4.74 Å². The summed E-state index contributed by atoms with van der Waals surface area (Å²) < 4.78 is 4.89. The molecule has 4 heteroatoms. The van der Waals surface area contributed by atoms with E-state index in [9.17, 15) is 4.79 Å². The predicted octanol–water partition coefficient (Wildman–Crippen LogP) is 2.65. The lowest BCUT2D eigenvalue weighted by Crippen LogP contribution is -2.02. The van der Waals surface area contributed by atoms with Gasteiger partial charge in [-0.2, -0.15) is 0 Å². The Hall–Kier alpha value is -0.480. The van der Waals surface area contributed by atoms with Crippen LogP contribution in [0, 0.1) is 0 Å². The minimum atomic E-state index is -0.211. The van der Waals surface area contributed by atoms with Crippen LogP contribution in [-0.2, 0) is 4.74 Å². The molecule has 0 saturated heterocycles. The molecule has 0 atom stereocenters. The second-order valence-electron chi connectivity index (χ2n) is 2.04. The Morgan fingerprint density at radius 1 is 1.75 bits per heavy atom. The molecule has 1 rings (SSSR count). The van der Waals surface area contributed by atoms with E-state index in [0.29, 0.717) is 11.5 Å². The molecule has 0 saturated carbocycles. The molecule has 0 aromatic carbocycles. The number of hydrogen-bond acceptors (Lipinski definition) is 4. The van der Waals surface area contributed by atoms with Gasteiger partial charge >= 0.3 is 5.97 Å². The molecular formula is C8H10O2S2. The van der Waals surface area contributed by atoms with E-state index >= 15 is 0 Å². The Morgan fingerprint density at radius 2 is 2.50 bits per heavy atom. The molecule has 0 aliphatic rings. The minimum Gasteiger partial charge on any atom is -0.462 e. The van der Waals surface area contributed by atoms with Gasteiger partial charge in [0.05, 0.1) is 6.61 Å². The number of ether oxygens (including phenoxy) is 1. The highest BCUT2D eigenvalue weighted by molar-refractivity contribution is 7.98.